The summed E-state index contributed by atoms with van der Waals surface area (Å²) >= 11 is 0. The zero-order valence-corrected chi connectivity index (χ0v) is 13.0. The van der Waals surface area contributed by atoms with Crippen LogP contribution in [0.4, 0.5) is 0 Å². The molecule has 110 valence electrons. The van der Waals surface area contributed by atoms with E-state index in [0.717, 1.165) is 0 Å². The van der Waals surface area contributed by atoms with Crippen LogP contribution in [0.25, 0.3) is 11.1 Å². The summed E-state index contributed by atoms with van der Waals surface area (Å²) in [6.07, 6.45) is 6.60. The molecule has 2 aromatic carbocycles. The summed E-state index contributed by atoms with van der Waals surface area (Å²) in [6.45, 7) is 4.60. The van der Waals surface area contributed by atoms with E-state index in [2.05, 4.69) is 32.0 Å². The van der Waals surface area contributed by atoms with Crippen LogP contribution in [0.3, 0.4) is 0 Å². The van der Waals surface area contributed by atoms with Crippen LogP contribution in [0, 0.1) is 6.92 Å². The second kappa shape index (κ2) is 5.55. The van der Waals surface area contributed by atoms with Crippen molar-refractivity contribution in [3.05, 3.63) is 53.6 Å². The zero-order valence-electron chi connectivity index (χ0n) is 13.0. The van der Waals surface area contributed by atoms with Gasteiger partial charge in [0, 0.05) is 0 Å². The third-order valence-electron chi connectivity index (χ3n) is 4.96. The van der Waals surface area contributed by atoms with Crippen molar-refractivity contribution < 1.29 is 5.11 Å². The van der Waals surface area contributed by atoms with Crippen LogP contribution in [-0.2, 0) is 5.41 Å². The lowest BCUT2D eigenvalue weighted by Crippen LogP contribution is -2.26. The van der Waals surface area contributed by atoms with Crippen molar-refractivity contribution in [1.29, 1.82) is 0 Å². The number of hydrogen-bond acceptors (Lipinski definition) is 1. The number of aromatic hydroxyl groups is 1. The molecule has 1 heteroatoms. The molecule has 0 saturated heterocycles. The molecule has 0 radical (unpaired) electrons. The van der Waals surface area contributed by atoms with Crippen molar-refractivity contribution in [2.24, 2.45) is 0 Å². The molecular weight excluding hydrogens is 256 g/mol. The maximum Gasteiger partial charge on any atom is 0.115 e. The number of rotatable bonds is 2. The highest BCUT2D eigenvalue weighted by molar-refractivity contribution is 5.70. The summed E-state index contributed by atoms with van der Waals surface area (Å²) in [5.74, 6) is 0.330. The third kappa shape index (κ3) is 2.83. The van der Waals surface area contributed by atoms with Crippen LogP contribution in [0.2, 0.25) is 0 Å². The van der Waals surface area contributed by atoms with E-state index in [9.17, 15) is 5.11 Å². The molecule has 0 aliphatic heterocycles. The number of hydrogen-bond donors (Lipinski definition) is 1. The SMILES string of the molecule is Cc1ccc(-c2ccc(O)cc2)c(C2(C)CCCCC2)c1. The zero-order chi connectivity index (χ0) is 14.9. The van der Waals surface area contributed by atoms with Crippen molar-refractivity contribution in [1.82, 2.24) is 0 Å². The van der Waals surface area contributed by atoms with Gasteiger partial charge < -0.3 is 5.11 Å². The van der Waals surface area contributed by atoms with Crippen LogP contribution >= 0.6 is 0 Å². The van der Waals surface area contributed by atoms with E-state index in [1.807, 2.05) is 12.1 Å². The van der Waals surface area contributed by atoms with E-state index in [1.54, 1.807) is 12.1 Å². The summed E-state index contributed by atoms with van der Waals surface area (Å²) in [5.41, 5.74) is 5.63. The first kappa shape index (κ1) is 14.2. The van der Waals surface area contributed by atoms with E-state index < -0.39 is 0 Å². The largest absolute Gasteiger partial charge is 0.508 e. The first-order valence-corrected chi connectivity index (χ1v) is 7.99. The van der Waals surface area contributed by atoms with E-state index in [0.29, 0.717) is 5.75 Å². The number of benzene rings is 2. The fourth-order valence-corrected chi connectivity index (χ4v) is 3.65. The van der Waals surface area contributed by atoms with Gasteiger partial charge in [-0.2, -0.15) is 0 Å². The van der Waals surface area contributed by atoms with Gasteiger partial charge in [0.05, 0.1) is 0 Å². The normalized spacial score (nSPS) is 17.6. The molecule has 0 unspecified atom stereocenters. The Hall–Kier alpha value is -1.76. The predicted molar refractivity (Wildman–Crippen MR) is 88.7 cm³/mol. The Bertz CT molecular complexity index is 619. The van der Waals surface area contributed by atoms with E-state index in [-0.39, 0.29) is 5.41 Å². The van der Waals surface area contributed by atoms with Crippen molar-refractivity contribution in [3.8, 4) is 16.9 Å². The van der Waals surface area contributed by atoms with Crippen molar-refractivity contribution in [3.63, 3.8) is 0 Å². The molecule has 1 N–H and O–H groups in total. The molecule has 0 bridgehead atoms. The molecule has 1 fully saturated rings. The molecule has 0 heterocycles. The molecule has 2 aromatic rings. The molecule has 1 saturated carbocycles. The maximum absolute atomic E-state index is 9.52. The average Bonchev–Trinajstić information content (AvgIpc) is 2.49. The average molecular weight is 280 g/mol. The first-order chi connectivity index (χ1) is 10.1. The summed E-state index contributed by atoms with van der Waals surface area (Å²) in [5, 5.41) is 9.52. The topological polar surface area (TPSA) is 20.2 Å². The van der Waals surface area contributed by atoms with E-state index >= 15 is 0 Å². The minimum absolute atomic E-state index is 0.289. The van der Waals surface area contributed by atoms with Gasteiger partial charge in [-0.3, -0.25) is 0 Å². The molecule has 1 nitrogen and oxygen atoms in total. The van der Waals surface area contributed by atoms with E-state index in [4.69, 9.17) is 0 Å². The van der Waals surface area contributed by atoms with Gasteiger partial charge in [-0.1, -0.05) is 62.1 Å². The number of phenols is 1. The molecule has 3 rings (SSSR count). The quantitative estimate of drug-likeness (QED) is 0.760. The standard InChI is InChI=1S/C20H24O/c1-15-6-11-18(16-7-9-17(21)10-8-16)19(14-15)20(2)12-4-3-5-13-20/h6-11,14,21H,3-5,12-13H2,1-2H3. The molecule has 21 heavy (non-hydrogen) atoms. The van der Waals surface area contributed by atoms with Gasteiger partial charge in [-0.15, -0.1) is 0 Å². The van der Waals surface area contributed by atoms with Crippen LogP contribution in [0.1, 0.15) is 50.2 Å². The van der Waals surface area contributed by atoms with Gasteiger partial charge in [0.25, 0.3) is 0 Å². The van der Waals surface area contributed by atoms with Gasteiger partial charge >= 0.3 is 0 Å². The fraction of sp³-hybridized carbons (Fsp3) is 0.400. The monoisotopic (exact) mass is 280 g/mol. The second-order valence-corrected chi connectivity index (χ2v) is 6.72. The van der Waals surface area contributed by atoms with Gasteiger partial charge in [0.2, 0.25) is 0 Å². The molecule has 0 amide bonds. The maximum atomic E-state index is 9.52. The molecule has 0 aromatic heterocycles. The molecular formula is C20H24O. The van der Waals surface area contributed by atoms with Crippen LogP contribution in [0.15, 0.2) is 42.5 Å². The molecule has 1 aliphatic rings. The van der Waals surface area contributed by atoms with Gasteiger partial charge in [0.15, 0.2) is 0 Å². The molecule has 0 spiro atoms. The predicted octanol–water partition coefficient (Wildman–Crippen LogP) is 5.59. The highest BCUT2D eigenvalue weighted by Gasteiger charge is 2.31. The fourth-order valence-electron chi connectivity index (χ4n) is 3.65. The Labute approximate surface area is 127 Å². The lowest BCUT2D eigenvalue weighted by Gasteiger charge is -2.36. The number of phenolic OH excluding ortho intramolecular Hbond substituents is 1. The second-order valence-electron chi connectivity index (χ2n) is 6.72. The summed E-state index contributed by atoms with van der Waals surface area (Å²) in [6, 6.07) is 14.4. The minimum Gasteiger partial charge on any atom is -0.508 e. The summed E-state index contributed by atoms with van der Waals surface area (Å²) < 4.78 is 0. The van der Waals surface area contributed by atoms with Crippen molar-refractivity contribution in [2.75, 3.05) is 0 Å². The lowest BCUT2D eigenvalue weighted by atomic mass is 9.68. The lowest BCUT2D eigenvalue weighted by molar-refractivity contribution is 0.320. The van der Waals surface area contributed by atoms with E-state index in [1.165, 1.54) is 54.4 Å². The van der Waals surface area contributed by atoms with Crippen molar-refractivity contribution >= 4 is 0 Å². The smallest absolute Gasteiger partial charge is 0.115 e. The van der Waals surface area contributed by atoms with Crippen LogP contribution < -0.4 is 0 Å². The van der Waals surface area contributed by atoms with Gasteiger partial charge in [-0.25, -0.2) is 0 Å². The Balaban J connectivity index is 2.10. The van der Waals surface area contributed by atoms with Crippen LogP contribution in [0.5, 0.6) is 5.75 Å². The Morgan fingerprint density at radius 1 is 0.905 bits per heavy atom. The first-order valence-electron chi connectivity index (χ1n) is 7.99. The Kier molecular flexibility index (Phi) is 3.75. The Morgan fingerprint density at radius 2 is 1.57 bits per heavy atom. The van der Waals surface area contributed by atoms with Gasteiger partial charge in [0.1, 0.15) is 5.75 Å². The molecule has 0 atom stereocenters. The Morgan fingerprint density at radius 3 is 2.24 bits per heavy atom. The highest BCUT2D eigenvalue weighted by atomic mass is 16.3. The number of aryl methyl sites for hydroxylation is 1. The summed E-state index contributed by atoms with van der Waals surface area (Å²) in [7, 11) is 0. The van der Waals surface area contributed by atoms with Crippen molar-refractivity contribution in [2.45, 2.75) is 51.4 Å². The van der Waals surface area contributed by atoms with Crippen LogP contribution in [-0.4, -0.2) is 5.11 Å². The highest BCUT2D eigenvalue weighted by Crippen LogP contribution is 2.43. The minimum atomic E-state index is 0.289. The van der Waals surface area contributed by atoms with Gasteiger partial charge in [-0.05, 0) is 54.0 Å². The molecule has 1 aliphatic carbocycles. The third-order valence-corrected chi connectivity index (χ3v) is 4.96. The summed E-state index contributed by atoms with van der Waals surface area (Å²) in [4.78, 5) is 0.